The van der Waals surface area contributed by atoms with E-state index in [2.05, 4.69) is 36.4 Å². The fourth-order valence-corrected chi connectivity index (χ4v) is 7.14. The van der Waals surface area contributed by atoms with E-state index in [-0.39, 0.29) is 17.6 Å². The van der Waals surface area contributed by atoms with Gasteiger partial charge in [-0.3, -0.25) is 10.1 Å². The summed E-state index contributed by atoms with van der Waals surface area (Å²) >= 11 is 0. The van der Waals surface area contributed by atoms with Gasteiger partial charge < -0.3 is 19.9 Å². The number of aryl methyl sites for hydroxylation is 1. The van der Waals surface area contributed by atoms with Gasteiger partial charge >= 0.3 is 6.09 Å². The maximum atomic E-state index is 12.6. The van der Waals surface area contributed by atoms with Gasteiger partial charge in [0.15, 0.2) is 17.0 Å². The highest BCUT2D eigenvalue weighted by Crippen LogP contribution is 2.63. The fourth-order valence-electron chi connectivity index (χ4n) is 7.14. The van der Waals surface area contributed by atoms with E-state index in [0.29, 0.717) is 11.6 Å². The Morgan fingerprint density at radius 3 is 2.87 bits per heavy atom. The second kappa shape index (κ2) is 8.54. The summed E-state index contributed by atoms with van der Waals surface area (Å²) in [6.45, 7) is 8.43. The van der Waals surface area contributed by atoms with Gasteiger partial charge in [0, 0.05) is 31.9 Å². The molecule has 10 nitrogen and oxygen atoms in total. The van der Waals surface area contributed by atoms with Crippen LogP contribution in [0, 0.1) is 17.3 Å². The van der Waals surface area contributed by atoms with E-state index in [9.17, 15) is 4.79 Å². The number of amides is 1. The number of carbonyl (C=O) groups is 1. The zero-order chi connectivity index (χ0) is 26.1. The summed E-state index contributed by atoms with van der Waals surface area (Å²) in [6, 6.07) is 4.28. The van der Waals surface area contributed by atoms with Crippen molar-refractivity contribution in [2.75, 3.05) is 29.4 Å². The summed E-state index contributed by atoms with van der Waals surface area (Å²) in [5, 5.41) is 11.0. The molecule has 1 spiro atoms. The quantitative estimate of drug-likeness (QED) is 0.528. The summed E-state index contributed by atoms with van der Waals surface area (Å²) in [6.07, 6.45) is 9.97. The van der Waals surface area contributed by atoms with E-state index in [1.807, 2.05) is 39.2 Å². The molecule has 2 aliphatic heterocycles. The number of hydrogen-bond donors (Lipinski definition) is 2. The van der Waals surface area contributed by atoms with Gasteiger partial charge in [-0.25, -0.2) is 14.8 Å². The van der Waals surface area contributed by atoms with Crippen molar-refractivity contribution in [3.8, 4) is 0 Å². The molecule has 2 N–H and O–H groups in total. The minimum Gasteiger partial charge on any atom is -0.444 e. The average molecular weight is 517 g/mol. The molecule has 38 heavy (non-hydrogen) atoms. The molecule has 3 atom stereocenters. The number of hydrogen-bond acceptors (Lipinski definition) is 8. The smallest absolute Gasteiger partial charge is 0.407 e. The molecule has 4 aliphatic rings. The van der Waals surface area contributed by atoms with Crippen LogP contribution in [-0.4, -0.2) is 62.5 Å². The molecule has 3 fully saturated rings. The summed E-state index contributed by atoms with van der Waals surface area (Å²) in [4.78, 5) is 31.5. The van der Waals surface area contributed by atoms with Gasteiger partial charge in [-0.05, 0) is 88.7 Å². The number of piperidine rings is 1. The first-order valence-corrected chi connectivity index (χ1v) is 14.0. The molecule has 2 aliphatic carbocycles. The second-order valence-corrected chi connectivity index (χ2v) is 12.5. The number of anilines is 3. The first-order valence-electron chi connectivity index (χ1n) is 14.0. The van der Waals surface area contributed by atoms with E-state index < -0.39 is 5.60 Å². The van der Waals surface area contributed by atoms with Crippen LogP contribution in [0.1, 0.15) is 58.6 Å². The predicted molar refractivity (Wildman–Crippen MR) is 144 cm³/mol. The van der Waals surface area contributed by atoms with Crippen molar-refractivity contribution in [2.45, 2.75) is 70.9 Å². The number of fused-ring (bicyclic) bond motifs is 3. The maximum Gasteiger partial charge on any atom is 0.407 e. The number of nitrogens with one attached hydrogen (secondary N) is 2. The summed E-state index contributed by atoms with van der Waals surface area (Å²) in [5.74, 6) is 3.04. The normalized spacial score (nSPS) is 25.8. The molecule has 10 heteroatoms. The van der Waals surface area contributed by atoms with E-state index >= 15 is 0 Å². The first kappa shape index (κ1) is 23.7. The predicted octanol–water partition coefficient (Wildman–Crippen LogP) is 4.35. The van der Waals surface area contributed by atoms with E-state index in [0.717, 1.165) is 79.8 Å². The lowest BCUT2D eigenvalue weighted by Crippen LogP contribution is -2.53. The standard InChI is InChI=1S/C28H36N8O2/c1-27(2,3)38-26(37)32-23-18-14-17(18)15-28(23)8-12-35(13-9-28)21-16-30-22-24(31-21)33-34-25(22)36-11-5-6-19-20(36)7-4-10-29-19/h4,7,10,16-18,23H,5-6,8-9,11-15H2,1-3H3,(H,32,37)(H,31,33,34)/t17-,18-,23-/m0/s1. The number of rotatable bonds is 3. The zero-order valence-electron chi connectivity index (χ0n) is 22.4. The van der Waals surface area contributed by atoms with Crippen molar-refractivity contribution >= 4 is 34.6 Å². The third-order valence-corrected chi connectivity index (χ3v) is 8.94. The van der Waals surface area contributed by atoms with Crippen LogP contribution < -0.4 is 15.1 Å². The number of pyridine rings is 1. The minimum atomic E-state index is -0.486. The second-order valence-electron chi connectivity index (χ2n) is 12.5. The molecule has 3 aromatic heterocycles. The Kier molecular flexibility index (Phi) is 5.32. The molecular weight excluding hydrogens is 480 g/mol. The van der Waals surface area contributed by atoms with Crippen LogP contribution in [0.25, 0.3) is 11.2 Å². The Bertz CT molecular complexity index is 1370. The van der Waals surface area contributed by atoms with Crippen molar-refractivity contribution in [2.24, 2.45) is 17.3 Å². The average Bonchev–Trinajstić information content (AvgIpc) is 3.41. The van der Waals surface area contributed by atoms with Gasteiger partial charge in [0.25, 0.3) is 0 Å². The Morgan fingerprint density at radius 2 is 2.05 bits per heavy atom. The Hall–Kier alpha value is -3.43. The number of alkyl carbamates (subject to hydrolysis) is 1. The number of ether oxygens (including phenoxy) is 1. The molecule has 0 radical (unpaired) electrons. The van der Waals surface area contributed by atoms with Crippen LogP contribution in [0.15, 0.2) is 24.5 Å². The number of aromatic amines is 1. The van der Waals surface area contributed by atoms with Crippen molar-refractivity contribution in [3.63, 3.8) is 0 Å². The van der Waals surface area contributed by atoms with Crippen LogP contribution in [0.3, 0.4) is 0 Å². The summed E-state index contributed by atoms with van der Waals surface area (Å²) in [7, 11) is 0. The third kappa shape index (κ3) is 4.05. The number of carbonyl (C=O) groups excluding carboxylic acids is 1. The third-order valence-electron chi connectivity index (χ3n) is 8.94. The number of aromatic nitrogens is 5. The van der Waals surface area contributed by atoms with Crippen molar-refractivity contribution in [1.29, 1.82) is 0 Å². The molecular formula is C28H36N8O2. The SMILES string of the molecule is CC(C)(C)OC(=O)N[C@H]1[C@H]2C[C@H]2CC12CCN(c1cnc3c(N4CCCc5ncccc54)n[nH]c3n1)CC2. The Labute approximate surface area is 222 Å². The van der Waals surface area contributed by atoms with Crippen LogP contribution in [-0.2, 0) is 11.2 Å². The lowest BCUT2D eigenvalue weighted by atomic mass is 9.71. The van der Waals surface area contributed by atoms with Crippen LogP contribution >= 0.6 is 0 Å². The van der Waals surface area contributed by atoms with Gasteiger partial charge in [-0.15, -0.1) is 0 Å². The topological polar surface area (TPSA) is 112 Å². The maximum absolute atomic E-state index is 12.6. The Balaban J connectivity index is 1.07. The van der Waals surface area contributed by atoms with Crippen molar-refractivity contribution in [1.82, 2.24) is 30.5 Å². The first-order chi connectivity index (χ1) is 18.3. The molecule has 200 valence electrons. The minimum absolute atomic E-state index is 0.148. The zero-order valence-corrected chi connectivity index (χ0v) is 22.4. The molecule has 1 amide bonds. The number of nitrogens with zero attached hydrogens (tertiary/aromatic N) is 6. The number of H-pyrrole nitrogens is 1. The molecule has 0 bridgehead atoms. The van der Waals surface area contributed by atoms with Crippen LogP contribution in [0.2, 0.25) is 0 Å². The van der Waals surface area contributed by atoms with Gasteiger partial charge in [-0.1, -0.05) is 0 Å². The molecule has 2 saturated carbocycles. The highest BCUT2D eigenvalue weighted by Gasteiger charge is 2.62. The van der Waals surface area contributed by atoms with Crippen molar-refractivity contribution < 1.29 is 9.53 Å². The van der Waals surface area contributed by atoms with Gasteiger partial charge in [0.05, 0.1) is 17.6 Å². The molecule has 0 aromatic carbocycles. The fraction of sp³-hybridized carbons (Fsp3) is 0.607. The lowest BCUT2D eigenvalue weighted by Gasteiger charge is -2.45. The van der Waals surface area contributed by atoms with Crippen LogP contribution in [0.5, 0.6) is 0 Å². The summed E-state index contributed by atoms with van der Waals surface area (Å²) < 4.78 is 5.60. The summed E-state index contributed by atoms with van der Waals surface area (Å²) in [5.41, 5.74) is 3.36. The monoisotopic (exact) mass is 516 g/mol. The van der Waals surface area contributed by atoms with E-state index in [4.69, 9.17) is 14.7 Å². The largest absolute Gasteiger partial charge is 0.444 e. The van der Waals surface area contributed by atoms with E-state index in [1.165, 1.54) is 12.8 Å². The molecule has 7 rings (SSSR count). The van der Waals surface area contributed by atoms with E-state index in [1.54, 1.807) is 0 Å². The molecule has 1 saturated heterocycles. The van der Waals surface area contributed by atoms with Gasteiger partial charge in [-0.2, -0.15) is 5.10 Å². The molecule has 5 heterocycles. The lowest BCUT2D eigenvalue weighted by molar-refractivity contribution is 0.0417. The highest BCUT2D eigenvalue weighted by atomic mass is 16.6. The molecule has 0 unspecified atom stereocenters. The molecule has 3 aromatic rings. The van der Waals surface area contributed by atoms with Crippen LogP contribution in [0.4, 0.5) is 22.1 Å². The van der Waals surface area contributed by atoms with Gasteiger partial charge in [0.2, 0.25) is 0 Å². The highest BCUT2D eigenvalue weighted by molar-refractivity contribution is 5.87. The van der Waals surface area contributed by atoms with Gasteiger partial charge in [0.1, 0.15) is 11.4 Å². The van der Waals surface area contributed by atoms with Crippen molar-refractivity contribution in [3.05, 3.63) is 30.2 Å². The Morgan fingerprint density at radius 1 is 1.21 bits per heavy atom.